The van der Waals surface area contributed by atoms with E-state index >= 15 is 0 Å². The molecule has 1 N–H and O–H groups in total. The van der Waals surface area contributed by atoms with Gasteiger partial charge in [-0.05, 0) is 38.8 Å². The lowest BCUT2D eigenvalue weighted by Gasteiger charge is -2.15. The van der Waals surface area contributed by atoms with Gasteiger partial charge in [0.1, 0.15) is 23.7 Å². The number of nitrogens with one attached hydrogen (secondary N) is 1. The van der Waals surface area contributed by atoms with Crippen molar-refractivity contribution in [3.05, 3.63) is 23.3 Å². The van der Waals surface area contributed by atoms with Crippen LogP contribution >= 0.6 is 0 Å². The minimum atomic E-state index is -0.304. The Morgan fingerprint density at radius 3 is 3.05 bits per heavy atom. The van der Waals surface area contributed by atoms with Crippen molar-refractivity contribution < 1.29 is 19.0 Å². The van der Waals surface area contributed by atoms with E-state index in [0.29, 0.717) is 19.8 Å². The summed E-state index contributed by atoms with van der Waals surface area (Å²) in [5, 5.41) is 2.94. The number of carbonyl (C=O) groups is 1. The molecule has 1 saturated heterocycles. The Morgan fingerprint density at radius 1 is 1.45 bits per heavy atom. The third-order valence-corrected chi connectivity index (χ3v) is 4.05. The number of hydrogen-bond acceptors (Lipinski definition) is 4. The summed E-state index contributed by atoms with van der Waals surface area (Å²) in [7, 11) is 0. The standard InChI is InChI=1S/C17H23NO4/c1-3-20-15-8-12-7-11(2)22-16(12)9-13(15)10-18-17(19)14-5-4-6-21-14/h8-9,11,14H,3-7,10H2,1-2H3,(H,18,19). The van der Waals surface area contributed by atoms with E-state index in [0.717, 1.165) is 36.3 Å². The van der Waals surface area contributed by atoms with Gasteiger partial charge in [0.2, 0.25) is 5.91 Å². The smallest absolute Gasteiger partial charge is 0.249 e. The molecule has 0 bridgehead atoms. The molecule has 0 saturated carbocycles. The van der Waals surface area contributed by atoms with Gasteiger partial charge in [-0.3, -0.25) is 4.79 Å². The number of ether oxygens (including phenoxy) is 3. The van der Waals surface area contributed by atoms with Crippen molar-refractivity contribution in [2.75, 3.05) is 13.2 Å². The van der Waals surface area contributed by atoms with E-state index in [1.54, 1.807) is 0 Å². The summed E-state index contributed by atoms with van der Waals surface area (Å²) in [6.45, 7) is 5.72. The van der Waals surface area contributed by atoms with Crippen LogP contribution < -0.4 is 14.8 Å². The van der Waals surface area contributed by atoms with Crippen molar-refractivity contribution in [2.24, 2.45) is 0 Å². The zero-order valence-corrected chi connectivity index (χ0v) is 13.2. The zero-order chi connectivity index (χ0) is 15.5. The number of carbonyl (C=O) groups excluding carboxylic acids is 1. The number of amides is 1. The third kappa shape index (κ3) is 3.19. The summed E-state index contributed by atoms with van der Waals surface area (Å²) in [5.41, 5.74) is 2.12. The van der Waals surface area contributed by atoms with E-state index < -0.39 is 0 Å². The monoisotopic (exact) mass is 305 g/mol. The van der Waals surface area contributed by atoms with Gasteiger partial charge in [0, 0.05) is 30.7 Å². The molecule has 0 radical (unpaired) electrons. The van der Waals surface area contributed by atoms with E-state index in [1.165, 1.54) is 5.56 Å². The van der Waals surface area contributed by atoms with Crippen LogP contribution in [-0.2, 0) is 22.5 Å². The van der Waals surface area contributed by atoms with Crippen molar-refractivity contribution in [1.29, 1.82) is 0 Å². The summed E-state index contributed by atoms with van der Waals surface area (Å²) < 4.78 is 16.9. The maximum atomic E-state index is 12.1. The van der Waals surface area contributed by atoms with Crippen molar-refractivity contribution >= 4 is 5.91 Å². The second kappa shape index (κ2) is 6.57. The largest absolute Gasteiger partial charge is 0.494 e. The van der Waals surface area contributed by atoms with Crippen molar-refractivity contribution in [2.45, 2.75) is 51.9 Å². The minimum Gasteiger partial charge on any atom is -0.494 e. The number of fused-ring (bicyclic) bond motifs is 1. The average molecular weight is 305 g/mol. The highest BCUT2D eigenvalue weighted by atomic mass is 16.5. The molecule has 22 heavy (non-hydrogen) atoms. The minimum absolute atomic E-state index is 0.0465. The number of benzene rings is 1. The van der Waals surface area contributed by atoms with Gasteiger partial charge in [0.25, 0.3) is 0 Å². The molecular formula is C17H23NO4. The molecule has 1 fully saturated rings. The van der Waals surface area contributed by atoms with Crippen LogP contribution in [-0.4, -0.2) is 31.3 Å². The molecule has 2 unspecified atom stereocenters. The molecule has 1 aromatic carbocycles. The zero-order valence-electron chi connectivity index (χ0n) is 13.2. The lowest BCUT2D eigenvalue weighted by molar-refractivity contribution is -0.130. The second-order valence-electron chi connectivity index (χ2n) is 5.85. The fourth-order valence-electron chi connectivity index (χ4n) is 2.99. The molecule has 2 heterocycles. The fraction of sp³-hybridized carbons (Fsp3) is 0.588. The Morgan fingerprint density at radius 2 is 2.32 bits per heavy atom. The van der Waals surface area contributed by atoms with Crippen LogP contribution in [0.5, 0.6) is 11.5 Å². The Kier molecular flexibility index (Phi) is 4.52. The maximum Gasteiger partial charge on any atom is 0.249 e. The van der Waals surface area contributed by atoms with Gasteiger partial charge < -0.3 is 19.5 Å². The van der Waals surface area contributed by atoms with Crippen LogP contribution in [0.25, 0.3) is 0 Å². The predicted molar refractivity (Wildman–Crippen MR) is 82.2 cm³/mol. The lowest BCUT2D eigenvalue weighted by atomic mass is 10.1. The first-order valence-electron chi connectivity index (χ1n) is 8.02. The first-order chi connectivity index (χ1) is 10.7. The molecule has 120 valence electrons. The molecule has 2 atom stereocenters. The Bertz CT molecular complexity index is 552. The first-order valence-corrected chi connectivity index (χ1v) is 8.02. The lowest BCUT2D eigenvalue weighted by Crippen LogP contribution is -2.33. The van der Waals surface area contributed by atoms with Crippen molar-refractivity contribution in [3.63, 3.8) is 0 Å². The van der Waals surface area contributed by atoms with Gasteiger partial charge in [-0.15, -0.1) is 0 Å². The number of rotatable bonds is 5. The van der Waals surface area contributed by atoms with Crippen LogP contribution in [0.4, 0.5) is 0 Å². The molecule has 5 nitrogen and oxygen atoms in total. The number of hydrogen-bond donors (Lipinski definition) is 1. The maximum absolute atomic E-state index is 12.1. The molecular weight excluding hydrogens is 282 g/mol. The van der Waals surface area contributed by atoms with Gasteiger partial charge in [-0.2, -0.15) is 0 Å². The molecule has 0 spiro atoms. The first kappa shape index (κ1) is 15.2. The molecule has 2 aliphatic rings. The van der Waals surface area contributed by atoms with Gasteiger partial charge in [-0.1, -0.05) is 0 Å². The normalized spacial score (nSPS) is 23.0. The summed E-state index contributed by atoms with van der Waals surface area (Å²) in [6, 6.07) is 4.02. The highest BCUT2D eigenvalue weighted by Crippen LogP contribution is 2.35. The van der Waals surface area contributed by atoms with Gasteiger partial charge in [0.15, 0.2) is 0 Å². The average Bonchev–Trinajstić information content (AvgIpc) is 3.13. The Balaban J connectivity index is 1.71. The van der Waals surface area contributed by atoms with Crippen LogP contribution in [0.3, 0.4) is 0 Å². The highest BCUT2D eigenvalue weighted by Gasteiger charge is 2.25. The van der Waals surface area contributed by atoms with E-state index in [1.807, 2.05) is 19.1 Å². The van der Waals surface area contributed by atoms with Gasteiger partial charge in [0.05, 0.1) is 6.61 Å². The fourth-order valence-corrected chi connectivity index (χ4v) is 2.99. The van der Waals surface area contributed by atoms with Crippen LogP contribution in [0.15, 0.2) is 12.1 Å². The van der Waals surface area contributed by atoms with Crippen LogP contribution in [0, 0.1) is 0 Å². The summed E-state index contributed by atoms with van der Waals surface area (Å²) in [5.74, 6) is 1.68. The molecule has 1 amide bonds. The predicted octanol–water partition coefficient (Wildman–Crippen LogP) is 2.20. The molecule has 3 rings (SSSR count). The van der Waals surface area contributed by atoms with Crippen LogP contribution in [0.2, 0.25) is 0 Å². The summed E-state index contributed by atoms with van der Waals surface area (Å²) in [4.78, 5) is 12.1. The summed E-state index contributed by atoms with van der Waals surface area (Å²) in [6.07, 6.45) is 2.54. The molecule has 5 heteroatoms. The Hall–Kier alpha value is -1.75. The molecule has 0 aliphatic carbocycles. The van der Waals surface area contributed by atoms with Crippen molar-refractivity contribution in [3.8, 4) is 11.5 Å². The van der Waals surface area contributed by atoms with Crippen molar-refractivity contribution in [1.82, 2.24) is 5.32 Å². The quantitative estimate of drug-likeness (QED) is 0.906. The third-order valence-electron chi connectivity index (χ3n) is 4.05. The molecule has 1 aromatic rings. The van der Waals surface area contributed by atoms with E-state index in [2.05, 4.69) is 12.2 Å². The SMILES string of the molecule is CCOc1cc2c(cc1CNC(=O)C1CCCO1)OC(C)C2. The highest BCUT2D eigenvalue weighted by molar-refractivity contribution is 5.81. The topological polar surface area (TPSA) is 56.8 Å². The van der Waals surface area contributed by atoms with Gasteiger partial charge >= 0.3 is 0 Å². The van der Waals surface area contributed by atoms with E-state index in [4.69, 9.17) is 14.2 Å². The summed E-state index contributed by atoms with van der Waals surface area (Å²) >= 11 is 0. The molecule has 2 aliphatic heterocycles. The molecule has 0 aromatic heterocycles. The van der Waals surface area contributed by atoms with E-state index in [9.17, 15) is 4.79 Å². The van der Waals surface area contributed by atoms with Gasteiger partial charge in [-0.25, -0.2) is 0 Å². The van der Waals surface area contributed by atoms with E-state index in [-0.39, 0.29) is 18.1 Å². The Labute approximate surface area is 130 Å². The second-order valence-corrected chi connectivity index (χ2v) is 5.85. The van der Waals surface area contributed by atoms with Crippen LogP contribution in [0.1, 0.15) is 37.8 Å².